The molecule has 0 radical (unpaired) electrons. The summed E-state index contributed by atoms with van der Waals surface area (Å²) in [6.07, 6.45) is 0.701. The van der Waals surface area contributed by atoms with Crippen LogP contribution < -0.4 is 0 Å². The van der Waals surface area contributed by atoms with Gasteiger partial charge >= 0.3 is 6.18 Å². The molecule has 3 aromatic rings. The third-order valence-electron chi connectivity index (χ3n) is 3.84. The third kappa shape index (κ3) is 2.89. The van der Waals surface area contributed by atoms with Crippen LogP contribution in [0.3, 0.4) is 0 Å². The van der Waals surface area contributed by atoms with Crippen molar-refractivity contribution in [1.82, 2.24) is 29.5 Å². The van der Waals surface area contributed by atoms with E-state index in [1.54, 1.807) is 15.7 Å². The number of halogens is 3. The number of hydrogen-bond acceptors (Lipinski definition) is 4. The van der Waals surface area contributed by atoms with E-state index in [4.69, 9.17) is 0 Å². The summed E-state index contributed by atoms with van der Waals surface area (Å²) in [5, 5.41) is 8.52. The maximum Gasteiger partial charge on any atom is 0.416 e. The average Bonchev–Trinajstić information content (AvgIpc) is 3.12. The molecule has 0 aliphatic heterocycles. The molecular formula is C15H13F3N6. The van der Waals surface area contributed by atoms with Crippen molar-refractivity contribution in [2.24, 2.45) is 0 Å². The summed E-state index contributed by atoms with van der Waals surface area (Å²) in [7, 11) is 0. The van der Waals surface area contributed by atoms with Crippen LogP contribution in [0, 0.1) is 0 Å². The van der Waals surface area contributed by atoms with Gasteiger partial charge in [0.05, 0.1) is 11.3 Å². The zero-order valence-corrected chi connectivity index (χ0v) is 12.5. The lowest BCUT2D eigenvalue weighted by atomic mass is 10.2. The number of alkyl halides is 3. The SMILES string of the molecule is FC(F)(F)c1ccc(-n2nc(C3CC3)nc2Cn2cncn2)cc1. The minimum atomic E-state index is -4.36. The molecule has 0 spiro atoms. The summed E-state index contributed by atoms with van der Waals surface area (Å²) in [5.74, 6) is 1.68. The Morgan fingerprint density at radius 1 is 1.12 bits per heavy atom. The Kier molecular flexibility index (Phi) is 3.36. The molecular weight excluding hydrogens is 321 g/mol. The van der Waals surface area contributed by atoms with E-state index in [0.29, 0.717) is 24.0 Å². The second-order valence-electron chi connectivity index (χ2n) is 5.71. The molecule has 4 rings (SSSR count). The molecule has 124 valence electrons. The highest BCUT2D eigenvalue weighted by Crippen LogP contribution is 2.38. The molecule has 1 fully saturated rings. The summed E-state index contributed by atoms with van der Waals surface area (Å²) >= 11 is 0. The van der Waals surface area contributed by atoms with Gasteiger partial charge in [-0.05, 0) is 37.1 Å². The molecule has 1 aliphatic carbocycles. The Morgan fingerprint density at radius 3 is 2.46 bits per heavy atom. The lowest BCUT2D eigenvalue weighted by molar-refractivity contribution is -0.137. The number of aromatic nitrogens is 6. The van der Waals surface area contributed by atoms with E-state index in [0.717, 1.165) is 30.8 Å². The summed E-state index contributed by atoms with van der Waals surface area (Å²) < 4.78 is 41.3. The van der Waals surface area contributed by atoms with Crippen LogP contribution in [0.1, 0.15) is 36.0 Å². The molecule has 0 atom stereocenters. The van der Waals surface area contributed by atoms with Crippen LogP contribution in [0.25, 0.3) is 5.69 Å². The predicted molar refractivity (Wildman–Crippen MR) is 77.5 cm³/mol. The summed E-state index contributed by atoms with van der Waals surface area (Å²) in [4.78, 5) is 8.42. The van der Waals surface area contributed by atoms with Crippen LogP contribution in [0.4, 0.5) is 13.2 Å². The van der Waals surface area contributed by atoms with Crippen LogP contribution in [0.15, 0.2) is 36.9 Å². The van der Waals surface area contributed by atoms with Crippen LogP contribution >= 0.6 is 0 Å². The minimum absolute atomic E-state index is 0.343. The molecule has 0 bridgehead atoms. The van der Waals surface area contributed by atoms with Gasteiger partial charge in [0.25, 0.3) is 0 Å². The van der Waals surface area contributed by atoms with E-state index in [9.17, 15) is 13.2 Å². The van der Waals surface area contributed by atoms with Gasteiger partial charge in [-0.2, -0.15) is 23.4 Å². The van der Waals surface area contributed by atoms with Gasteiger partial charge in [0.2, 0.25) is 0 Å². The van der Waals surface area contributed by atoms with Gasteiger partial charge in [-0.25, -0.2) is 19.3 Å². The number of nitrogens with zero attached hydrogens (tertiary/aromatic N) is 6. The number of hydrogen-bond donors (Lipinski definition) is 0. The standard InChI is InChI=1S/C15H13F3N6/c16-15(17,18)11-3-5-12(6-4-11)24-13(7-23-9-19-8-20-23)21-14(22-24)10-1-2-10/h3-6,8-10H,1-2,7H2. The fourth-order valence-electron chi connectivity index (χ4n) is 2.44. The van der Waals surface area contributed by atoms with Gasteiger partial charge in [0.15, 0.2) is 11.6 Å². The molecule has 0 amide bonds. The Morgan fingerprint density at radius 2 is 1.88 bits per heavy atom. The van der Waals surface area contributed by atoms with Gasteiger partial charge < -0.3 is 0 Å². The second kappa shape index (κ2) is 5.43. The normalized spacial score (nSPS) is 15.0. The smallest absolute Gasteiger partial charge is 0.245 e. The predicted octanol–water partition coefficient (Wildman–Crippen LogP) is 2.80. The van der Waals surface area contributed by atoms with E-state index in [1.807, 2.05) is 0 Å². The molecule has 2 aromatic heterocycles. The van der Waals surface area contributed by atoms with E-state index in [-0.39, 0.29) is 0 Å². The van der Waals surface area contributed by atoms with Crippen molar-refractivity contribution in [1.29, 1.82) is 0 Å². The lowest BCUT2D eigenvalue weighted by Crippen LogP contribution is -2.10. The van der Waals surface area contributed by atoms with Crippen molar-refractivity contribution in [3.8, 4) is 5.69 Å². The molecule has 24 heavy (non-hydrogen) atoms. The van der Waals surface area contributed by atoms with Crippen LogP contribution in [0.5, 0.6) is 0 Å². The highest BCUT2D eigenvalue weighted by atomic mass is 19.4. The summed E-state index contributed by atoms with van der Waals surface area (Å²) in [6, 6.07) is 4.90. The topological polar surface area (TPSA) is 61.4 Å². The third-order valence-corrected chi connectivity index (χ3v) is 3.84. The van der Waals surface area contributed by atoms with Gasteiger partial charge in [0, 0.05) is 5.92 Å². The average molecular weight is 334 g/mol. The second-order valence-corrected chi connectivity index (χ2v) is 5.71. The Balaban J connectivity index is 1.70. The molecule has 6 nitrogen and oxygen atoms in total. The first-order valence-electron chi connectivity index (χ1n) is 7.46. The zero-order valence-electron chi connectivity index (χ0n) is 12.5. The fraction of sp³-hybridized carbons (Fsp3) is 0.333. The van der Waals surface area contributed by atoms with Crippen molar-refractivity contribution >= 4 is 0 Å². The minimum Gasteiger partial charge on any atom is -0.245 e. The summed E-state index contributed by atoms with van der Waals surface area (Å²) in [5.41, 5.74) is -0.149. The maximum absolute atomic E-state index is 12.7. The van der Waals surface area contributed by atoms with Crippen molar-refractivity contribution in [3.05, 3.63) is 54.1 Å². The lowest BCUT2D eigenvalue weighted by Gasteiger charge is -2.09. The summed E-state index contributed by atoms with van der Waals surface area (Å²) in [6.45, 7) is 0.348. The molecule has 1 saturated carbocycles. The quantitative estimate of drug-likeness (QED) is 0.736. The van der Waals surface area contributed by atoms with E-state index in [1.165, 1.54) is 18.5 Å². The van der Waals surface area contributed by atoms with Crippen molar-refractivity contribution < 1.29 is 13.2 Å². The van der Waals surface area contributed by atoms with Crippen molar-refractivity contribution in [2.45, 2.75) is 31.5 Å². The highest BCUT2D eigenvalue weighted by Gasteiger charge is 2.31. The largest absolute Gasteiger partial charge is 0.416 e. The number of rotatable bonds is 4. The molecule has 0 unspecified atom stereocenters. The number of benzene rings is 1. The monoisotopic (exact) mass is 334 g/mol. The Bertz CT molecular complexity index is 831. The van der Waals surface area contributed by atoms with Gasteiger partial charge in [-0.15, -0.1) is 0 Å². The molecule has 2 heterocycles. The van der Waals surface area contributed by atoms with E-state index in [2.05, 4.69) is 20.2 Å². The van der Waals surface area contributed by atoms with Crippen LogP contribution in [-0.4, -0.2) is 29.5 Å². The maximum atomic E-state index is 12.7. The highest BCUT2D eigenvalue weighted by molar-refractivity contribution is 5.36. The van der Waals surface area contributed by atoms with Gasteiger partial charge in [-0.3, -0.25) is 0 Å². The van der Waals surface area contributed by atoms with Crippen LogP contribution in [-0.2, 0) is 12.7 Å². The van der Waals surface area contributed by atoms with Crippen molar-refractivity contribution in [2.75, 3.05) is 0 Å². The zero-order chi connectivity index (χ0) is 16.7. The van der Waals surface area contributed by atoms with Crippen LogP contribution in [0.2, 0.25) is 0 Å². The first-order chi connectivity index (χ1) is 11.5. The molecule has 0 saturated heterocycles. The molecule has 9 heteroatoms. The molecule has 1 aromatic carbocycles. The first-order valence-corrected chi connectivity index (χ1v) is 7.46. The van der Waals surface area contributed by atoms with E-state index >= 15 is 0 Å². The Labute approximate surface area is 135 Å². The first kappa shape index (κ1) is 14.9. The fourth-order valence-corrected chi connectivity index (χ4v) is 2.44. The molecule has 0 N–H and O–H groups in total. The van der Waals surface area contributed by atoms with E-state index < -0.39 is 11.7 Å². The molecule has 1 aliphatic rings. The van der Waals surface area contributed by atoms with Gasteiger partial charge in [0.1, 0.15) is 19.2 Å². The Hall–Kier alpha value is -2.71. The van der Waals surface area contributed by atoms with Crippen molar-refractivity contribution in [3.63, 3.8) is 0 Å². The van der Waals surface area contributed by atoms with Gasteiger partial charge in [-0.1, -0.05) is 0 Å².